The Hall–Kier alpha value is -1.22. The Labute approximate surface area is 113 Å². The predicted octanol–water partition coefficient (Wildman–Crippen LogP) is 3.62. The lowest BCUT2D eigenvalue weighted by Gasteiger charge is -2.22. The van der Waals surface area contributed by atoms with Gasteiger partial charge in [-0.1, -0.05) is 17.7 Å². The lowest BCUT2D eigenvalue weighted by molar-refractivity contribution is -0.146. The summed E-state index contributed by atoms with van der Waals surface area (Å²) in [6.45, 7) is 7.26. The third kappa shape index (κ3) is 2.78. The van der Waals surface area contributed by atoms with Crippen molar-refractivity contribution in [1.29, 1.82) is 0 Å². The molecule has 0 aliphatic rings. The van der Waals surface area contributed by atoms with E-state index in [0.717, 1.165) is 16.7 Å². The molecule has 0 fully saturated rings. The highest BCUT2D eigenvalue weighted by atomic mass is 35.5. The molecule has 0 amide bonds. The summed E-state index contributed by atoms with van der Waals surface area (Å²) in [5, 5.41) is 9.75. The van der Waals surface area contributed by atoms with E-state index in [1.807, 2.05) is 19.9 Å². The molecule has 0 saturated heterocycles. The third-order valence-corrected chi connectivity index (χ3v) is 3.67. The van der Waals surface area contributed by atoms with Crippen molar-refractivity contribution in [2.75, 3.05) is 7.11 Å². The molecule has 4 heteroatoms. The zero-order valence-electron chi connectivity index (χ0n) is 11.4. The lowest BCUT2D eigenvalue weighted by atomic mass is 9.84. The molecule has 1 aromatic rings. The van der Waals surface area contributed by atoms with Crippen LogP contribution in [-0.2, 0) is 11.2 Å². The summed E-state index contributed by atoms with van der Waals surface area (Å²) in [4.78, 5) is 11.2. The molecular weight excluding hydrogens is 252 g/mol. The van der Waals surface area contributed by atoms with Crippen LogP contribution in [0.5, 0.6) is 5.75 Å². The molecule has 1 aromatic carbocycles. The van der Waals surface area contributed by atoms with Crippen molar-refractivity contribution in [3.05, 3.63) is 27.8 Å². The van der Waals surface area contributed by atoms with Gasteiger partial charge >= 0.3 is 5.97 Å². The van der Waals surface area contributed by atoms with E-state index in [0.29, 0.717) is 17.2 Å². The van der Waals surface area contributed by atoms with E-state index in [9.17, 15) is 9.90 Å². The minimum Gasteiger partial charge on any atom is -0.495 e. The normalized spacial score (nSPS) is 11.4. The molecule has 1 N–H and O–H groups in total. The smallest absolute Gasteiger partial charge is 0.309 e. The molecule has 18 heavy (non-hydrogen) atoms. The first kappa shape index (κ1) is 14.8. The quantitative estimate of drug-likeness (QED) is 0.909. The Morgan fingerprint density at radius 3 is 2.44 bits per heavy atom. The average Bonchev–Trinajstić information content (AvgIpc) is 2.26. The van der Waals surface area contributed by atoms with Crippen LogP contribution >= 0.6 is 11.6 Å². The Bertz CT molecular complexity index is 478. The number of carbonyl (C=O) groups is 1. The number of aryl methyl sites for hydroxylation is 1. The van der Waals surface area contributed by atoms with Crippen LogP contribution in [0.25, 0.3) is 0 Å². The highest BCUT2D eigenvalue weighted by Gasteiger charge is 2.29. The summed E-state index contributed by atoms with van der Waals surface area (Å²) in [5.74, 6) is -0.256. The molecule has 0 aliphatic carbocycles. The maximum Gasteiger partial charge on any atom is 0.309 e. The first-order valence-corrected chi connectivity index (χ1v) is 6.14. The molecule has 0 bridgehead atoms. The largest absolute Gasteiger partial charge is 0.495 e. The molecular formula is C14H19ClO3. The monoisotopic (exact) mass is 270 g/mol. The summed E-state index contributed by atoms with van der Waals surface area (Å²) in [6.07, 6.45) is 0.381. The van der Waals surface area contributed by atoms with Gasteiger partial charge in [-0.3, -0.25) is 4.79 Å². The number of halogens is 1. The van der Waals surface area contributed by atoms with Crippen LogP contribution < -0.4 is 4.74 Å². The van der Waals surface area contributed by atoms with Crippen molar-refractivity contribution in [2.24, 2.45) is 5.41 Å². The zero-order valence-corrected chi connectivity index (χ0v) is 12.2. The third-order valence-electron chi connectivity index (χ3n) is 3.22. The van der Waals surface area contributed by atoms with Gasteiger partial charge in [-0.15, -0.1) is 0 Å². The van der Waals surface area contributed by atoms with E-state index in [1.54, 1.807) is 21.0 Å². The molecule has 1 rings (SSSR count). The first-order valence-electron chi connectivity index (χ1n) is 5.76. The fourth-order valence-corrected chi connectivity index (χ4v) is 2.17. The summed E-state index contributed by atoms with van der Waals surface area (Å²) >= 11 is 6.24. The molecule has 3 nitrogen and oxygen atoms in total. The first-order chi connectivity index (χ1) is 8.20. The second-order valence-electron chi connectivity index (χ2n) is 5.19. The van der Waals surface area contributed by atoms with Gasteiger partial charge < -0.3 is 9.84 Å². The molecule has 0 heterocycles. The fraction of sp³-hybridized carbons (Fsp3) is 0.500. The lowest BCUT2D eigenvalue weighted by Crippen LogP contribution is -2.26. The van der Waals surface area contributed by atoms with E-state index < -0.39 is 11.4 Å². The van der Waals surface area contributed by atoms with Gasteiger partial charge in [0.1, 0.15) is 5.75 Å². The number of benzene rings is 1. The van der Waals surface area contributed by atoms with Crippen LogP contribution in [0, 0.1) is 19.3 Å². The maximum atomic E-state index is 11.2. The number of aliphatic carboxylic acids is 1. The van der Waals surface area contributed by atoms with E-state index in [2.05, 4.69) is 0 Å². The fourth-order valence-electron chi connectivity index (χ4n) is 1.82. The standard InChI is InChI=1S/C14H19ClO3/c1-8-6-10(7-14(3,4)13(16)17)12(18-5)11(15)9(8)2/h6H,7H2,1-5H3,(H,16,17). The van der Waals surface area contributed by atoms with Crippen LogP contribution in [-0.4, -0.2) is 18.2 Å². The number of hydrogen-bond acceptors (Lipinski definition) is 2. The van der Waals surface area contributed by atoms with Gasteiger partial charge in [0.15, 0.2) is 0 Å². The minimum atomic E-state index is -0.849. The van der Waals surface area contributed by atoms with Crippen molar-refractivity contribution in [2.45, 2.75) is 34.1 Å². The second-order valence-corrected chi connectivity index (χ2v) is 5.57. The van der Waals surface area contributed by atoms with Gasteiger partial charge in [-0.25, -0.2) is 0 Å². The average molecular weight is 271 g/mol. The Balaban J connectivity index is 3.29. The van der Waals surface area contributed by atoms with Crippen LogP contribution in [0.3, 0.4) is 0 Å². The Morgan fingerprint density at radius 1 is 1.44 bits per heavy atom. The molecule has 0 atom stereocenters. The van der Waals surface area contributed by atoms with Crippen molar-refractivity contribution in [1.82, 2.24) is 0 Å². The Morgan fingerprint density at radius 2 is 2.00 bits per heavy atom. The van der Waals surface area contributed by atoms with Gasteiger partial charge in [-0.2, -0.15) is 0 Å². The van der Waals surface area contributed by atoms with Crippen LogP contribution in [0.4, 0.5) is 0 Å². The number of carboxylic acids is 1. The van der Waals surface area contributed by atoms with Crippen molar-refractivity contribution < 1.29 is 14.6 Å². The van der Waals surface area contributed by atoms with Crippen molar-refractivity contribution in [3.63, 3.8) is 0 Å². The second kappa shape index (κ2) is 5.19. The van der Waals surface area contributed by atoms with E-state index >= 15 is 0 Å². The van der Waals surface area contributed by atoms with E-state index in [1.165, 1.54) is 0 Å². The molecule has 0 unspecified atom stereocenters. The van der Waals surface area contributed by atoms with Gasteiger partial charge in [0.2, 0.25) is 0 Å². The summed E-state index contributed by atoms with van der Waals surface area (Å²) in [6, 6.07) is 1.95. The molecule has 0 aliphatic heterocycles. The van der Waals surface area contributed by atoms with Crippen molar-refractivity contribution >= 4 is 17.6 Å². The molecule has 100 valence electrons. The Kier molecular flexibility index (Phi) is 4.28. The number of rotatable bonds is 4. The topological polar surface area (TPSA) is 46.5 Å². The molecule has 0 saturated carbocycles. The summed E-state index contributed by atoms with van der Waals surface area (Å²) in [5.41, 5.74) is 1.98. The maximum absolute atomic E-state index is 11.2. The number of methoxy groups -OCH3 is 1. The van der Waals surface area contributed by atoms with Crippen molar-refractivity contribution in [3.8, 4) is 5.75 Å². The highest BCUT2D eigenvalue weighted by Crippen LogP contribution is 2.37. The number of hydrogen-bond donors (Lipinski definition) is 1. The molecule has 0 spiro atoms. The highest BCUT2D eigenvalue weighted by molar-refractivity contribution is 6.33. The zero-order chi connectivity index (χ0) is 14.1. The van der Waals surface area contributed by atoms with Crippen LogP contribution in [0.15, 0.2) is 6.07 Å². The number of ether oxygens (including phenoxy) is 1. The molecule has 0 radical (unpaired) electrons. The summed E-state index contributed by atoms with van der Waals surface area (Å²) < 4.78 is 5.31. The van der Waals surface area contributed by atoms with Crippen LogP contribution in [0.1, 0.15) is 30.5 Å². The van der Waals surface area contributed by atoms with Gasteiger partial charge in [0.25, 0.3) is 0 Å². The predicted molar refractivity (Wildman–Crippen MR) is 72.6 cm³/mol. The van der Waals surface area contributed by atoms with Gasteiger partial charge in [0.05, 0.1) is 17.5 Å². The summed E-state index contributed by atoms with van der Waals surface area (Å²) in [7, 11) is 1.55. The van der Waals surface area contributed by atoms with E-state index in [4.69, 9.17) is 16.3 Å². The minimum absolute atomic E-state index is 0.381. The SMILES string of the molecule is COc1c(CC(C)(C)C(=O)O)cc(C)c(C)c1Cl. The number of carboxylic acid groups (broad SMARTS) is 1. The van der Waals surface area contributed by atoms with Gasteiger partial charge in [0, 0.05) is 0 Å². The molecule has 0 aromatic heterocycles. The van der Waals surface area contributed by atoms with Crippen LogP contribution in [0.2, 0.25) is 5.02 Å². The van der Waals surface area contributed by atoms with E-state index in [-0.39, 0.29) is 0 Å². The van der Waals surface area contributed by atoms with Gasteiger partial charge in [-0.05, 0) is 50.8 Å².